The Bertz CT molecular complexity index is 957. The molecule has 1 fully saturated rings. The van der Waals surface area contributed by atoms with Crippen molar-refractivity contribution in [3.63, 3.8) is 0 Å². The van der Waals surface area contributed by atoms with Gasteiger partial charge in [-0.3, -0.25) is 19.4 Å². The third-order valence-corrected chi connectivity index (χ3v) is 6.12. The van der Waals surface area contributed by atoms with Crippen molar-refractivity contribution in [1.29, 1.82) is 0 Å². The van der Waals surface area contributed by atoms with Crippen molar-refractivity contribution in [2.24, 2.45) is 5.92 Å². The van der Waals surface area contributed by atoms with Gasteiger partial charge in [0, 0.05) is 18.0 Å². The Hall–Kier alpha value is -3.06. The second kappa shape index (κ2) is 9.83. The van der Waals surface area contributed by atoms with E-state index >= 15 is 0 Å². The minimum atomic E-state index is -1.07. The number of ketones is 2. The van der Waals surface area contributed by atoms with E-state index in [0.29, 0.717) is 17.9 Å². The molecule has 1 aliphatic heterocycles. The second-order valence-corrected chi connectivity index (χ2v) is 7.82. The topological polar surface area (TPSA) is 81.0 Å². The van der Waals surface area contributed by atoms with Crippen LogP contribution in [0.15, 0.2) is 42.7 Å². The fourth-order valence-electron chi connectivity index (χ4n) is 4.25. The summed E-state index contributed by atoms with van der Waals surface area (Å²) in [6, 6.07) is 7.99. The summed E-state index contributed by atoms with van der Waals surface area (Å²) >= 11 is 0. The third-order valence-electron chi connectivity index (χ3n) is 6.12. The number of nitrogens with zero attached hydrogens (tertiary/aromatic N) is 2. The molecule has 0 radical (unpaired) electrons. The summed E-state index contributed by atoms with van der Waals surface area (Å²) in [5, 5.41) is 0. The van der Waals surface area contributed by atoms with Crippen molar-refractivity contribution in [2.45, 2.75) is 26.8 Å². The molecule has 2 heterocycles. The van der Waals surface area contributed by atoms with Gasteiger partial charge in [-0.15, -0.1) is 0 Å². The summed E-state index contributed by atoms with van der Waals surface area (Å²) in [6.07, 6.45) is 3.24. The molecular formula is C24H30N3O4+. The number of ether oxygens (including phenoxy) is 1. The molecule has 0 bridgehead atoms. The van der Waals surface area contributed by atoms with Crippen molar-refractivity contribution in [1.82, 2.24) is 9.88 Å². The number of Topliss-reactive ketones (excluding diaryl/α,β-unsaturated/α-hetero) is 2. The number of amides is 1. The van der Waals surface area contributed by atoms with Crippen LogP contribution in [-0.4, -0.2) is 60.6 Å². The number of methoxy groups -OCH3 is 1. The molecule has 0 aliphatic carbocycles. The number of quaternary nitrogens is 1. The number of likely N-dealkylation sites (tertiary alicyclic amines) is 1. The molecule has 7 heteroatoms. The SMILES string of the molecule is CC[NH+](CC)CCN1C(=O)C(=O)C(C(=O)c2ccc(OC)c(C)c2)C1c1ccncc1. The Morgan fingerprint density at radius 2 is 1.81 bits per heavy atom. The lowest BCUT2D eigenvalue weighted by Gasteiger charge is -2.28. The van der Waals surface area contributed by atoms with Crippen molar-refractivity contribution in [2.75, 3.05) is 33.3 Å². The minimum Gasteiger partial charge on any atom is -0.496 e. The lowest BCUT2D eigenvalue weighted by Crippen LogP contribution is -3.12. The molecule has 0 saturated carbocycles. The quantitative estimate of drug-likeness (QED) is 0.373. The number of nitrogens with one attached hydrogen (secondary N) is 1. The van der Waals surface area contributed by atoms with Gasteiger partial charge in [0.2, 0.25) is 5.78 Å². The van der Waals surface area contributed by atoms with E-state index in [1.807, 2.05) is 6.92 Å². The highest BCUT2D eigenvalue weighted by Gasteiger charge is 2.51. The molecule has 1 saturated heterocycles. The number of carbonyl (C=O) groups excluding carboxylic acids is 3. The number of carbonyl (C=O) groups is 3. The van der Waals surface area contributed by atoms with E-state index in [0.717, 1.165) is 30.8 Å². The van der Waals surface area contributed by atoms with Gasteiger partial charge in [-0.05, 0) is 62.2 Å². The first kappa shape index (κ1) is 22.6. The number of aromatic nitrogens is 1. The molecule has 0 spiro atoms. The van der Waals surface area contributed by atoms with Crippen LogP contribution in [0.5, 0.6) is 5.75 Å². The smallest absolute Gasteiger partial charge is 0.291 e. The number of hydrogen-bond acceptors (Lipinski definition) is 5. The Morgan fingerprint density at radius 3 is 2.39 bits per heavy atom. The van der Waals surface area contributed by atoms with Gasteiger partial charge in [0.05, 0.1) is 39.3 Å². The minimum absolute atomic E-state index is 0.344. The predicted molar refractivity (Wildman–Crippen MR) is 116 cm³/mol. The summed E-state index contributed by atoms with van der Waals surface area (Å²) in [7, 11) is 1.57. The number of aryl methyl sites for hydroxylation is 1. The zero-order valence-electron chi connectivity index (χ0n) is 18.6. The molecule has 1 aromatic heterocycles. The molecule has 1 amide bonds. The van der Waals surface area contributed by atoms with Crippen molar-refractivity contribution < 1.29 is 24.0 Å². The van der Waals surface area contributed by atoms with Crippen LogP contribution in [0, 0.1) is 12.8 Å². The standard InChI is InChI=1S/C24H29N3O4/c1-5-26(6-2)13-14-27-21(17-9-11-25-12-10-17)20(23(29)24(27)30)22(28)18-7-8-19(31-4)16(3)15-18/h7-12,15,20-21H,5-6,13-14H2,1-4H3/p+1. The van der Waals surface area contributed by atoms with Gasteiger partial charge in [0.15, 0.2) is 5.78 Å². The van der Waals surface area contributed by atoms with Gasteiger partial charge in [0.1, 0.15) is 11.7 Å². The maximum Gasteiger partial charge on any atom is 0.291 e. The molecule has 164 valence electrons. The first-order valence-corrected chi connectivity index (χ1v) is 10.7. The summed E-state index contributed by atoms with van der Waals surface area (Å²) in [4.78, 5) is 46.4. The molecule has 1 aliphatic rings. The Balaban J connectivity index is 1.99. The van der Waals surface area contributed by atoms with Crippen LogP contribution in [0.4, 0.5) is 0 Å². The van der Waals surface area contributed by atoms with Crippen molar-refractivity contribution in [3.8, 4) is 5.75 Å². The number of pyridine rings is 1. The molecule has 3 rings (SSSR count). The van der Waals surface area contributed by atoms with E-state index in [2.05, 4.69) is 18.8 Å². The fourth-order valence-corrected chi connectivity index (χ4v) is 4.25. The van der Waals surface area contributed by atoms with Crippen LogP contribution >= 0.6 is 0 Å². The second-order valence-electron chi connectivity index (χ2n) is 7.82. The highest BCUT2D eigenvalue weighted by Crippen LogP contribution is 2.38. The average molecular weight is 425 g/mol. The summed E-state index contributed by atoms with van der Waals surface area (Å²) in [5.74, 6) is -1.98. The maximum absolute atomic E-state index is 13.5. The fraction of sp³-hybridized carbons (Fsp3) is 0.417. The largest absolute Gasteiger partial charge is 0.496 e. The van der Waals surface area contributed by atoms with Crippen LogP contribution in [-0.2, 0) is 9.59 Å². The molecule has 2 unspecified atom stereocenters. The molecule has 1 N–H and O–H groups in total. The number of rotatable bonds is 9. The Labute approximate surface area is 183 Å². The van der Waals surface area contributed by atoms with Crippen molar-refractivity contribution >= 4 is 17.5 Å². The van der Waals surface area contributed by atoms with Crippen LogP contribution in [0.3, 0.4) is 0 Å². The van der Waals surface area contributed by atoms with Gasteiger partial charge in [-0.25, -0.2) is 0 Å². The summed E-state index contributed by atoms with van der Waals surface area (Å²) in [6.45, 7) is 9.02. The average Bonchev–Trinajstić information content (AvgIpc) is 3.04. The normalized spacial score (nSPS) is 18.7. The first-order chi connectivity index (χ1) is 14.9. The number of hydrogen-bond donors (Lipinski definition) is 1. The molecule has 2 atom stereocenters. The van der Waals surface area contributed by atoms with Gasteiger partial charge in [-0.1, -0.05) is 0 Å². The van der Waals surface area contributed by atoms with Gasteiger partial charge < -0.3 is 14.5 Å². The van der Waals surface area contributed by atoms with Gasteiger partial charge in [0.25, 0.3) is 5.91 Å². The third kappa shape index (κ3) is 4.51. The zero-order chi connectivity index (χ0) is 22.5. The zero-order valence-corrected chi connectivity index (χ0v) is 18.6. The van der Waals surface area contributed by atoms with E-state index in [4.69, 9.17) is 4.74 Å². The maximum atomic E-state index is 13.5. The molecule has 2 aromatic rings. The van der Waals surface area contributed by atoms with Gasteiger partial charge >= 0.3 is 0 Å². The van der Waals surface area contributed by atoms with E-state index in [-0.39, 0.29) is 5.78 Å². The van der Waals surface area contributed by atoms with Gasteiger partial charge in [-0.2, -0.15) is 0 Å². The highest BCUT2D eigenvalue weighted by atomic mass is 16.5. The molecule has 31 heavy (non-hydrogen) atoms. The number of benzene rings is 1. The van der Waals surface area contributed by atoms with Crippen LogP contribution in [0.25, 0.3) is 0 Å². The van der Waals surface area contributed by atoms with Crippen LogP contribution < -0.4 is 9.64 Å². The van der Waals surface area contributed by atoms with E-state index in [1.165, 1.54) is 4.90 Å². The van der Waals surface area contributed by atoms with E-state index < -0.39 is 23.7 Å². The lowest BCUT2D eigenvalue weighted by atomic mass is 9.86. The molecular weight excluding hydrogens is 394 g/mol. The first-order valence-electron chi connectivity index (χ1n) is 10.7. The Kier molecular flexibility index (Phi) is 7.17. The van der Waals surface area contributed by atoms with Crippen molar-refractivity contribution in [3.05, 3.63) is 59.4 Å². The van der Waals surface area contributed by atoms with Crippen LogP contribution in [0.2, 0.25) is 0 Å². The monoisotopic (exact) mass is 424 g/mol. The highest BCUT2D eigenvalue weighted by molar-refractivity contribution is 6.44. The summed E-state index contributed by atoms with van der Waals surface area (Å²) < 4.78 is 5.28. The van der Waals surface area contributed by atoms with Crippen LogP contribution in [0.1, 0.15) is 41.4 Å². The molecule has 7 nitrogen and oxygen atoms in total. The predicted octanol–water partition coefficient (Wildman–Crippen LogP) is 1.27. The van der Waals surface area contributed by atoms with E-state index in [1.54, 1.807) is 54.7 Å². The summed E-state index contributed by atoms with van der Waals surface area (Å²) in [5.41, 5.74) is 1.94. The Morgan fingerprint density at radius 1 is 1.13 bits per heavy atom. The van der Waals surface area contributed by atoms with E-state index in [9.17, 15) is 14.4 Å². The number of likely N-dealkylation sites (N-methyl/N-ethyl adjacent to an activating group) is 1. The molecule has 1 aromatic carbocycles. The lowest BCUT2D eigenvalue weighted by molar-refractivity contribution is -0.895.